The molecule has 17 heavy (non-hydrogen) atoms. The number of hydrogen-bond acceptors (Lipinski definition) is 4. The van der Waals surface area contributed by atoms with Crippen molar-refractivity contribution in [3.8, 4) is 5.75 Å². The van der Waals surface area contributed by atoms with E-state index in [-0.39, 0.29) is 11.3 Å². The number of benzene rings is 1. The van der Waals surface area contributed by atoms with Gasteiger partial charge in [-0.2, -0.15) is 0 Å². The molecule has 1 aromatic carbocycles. The maximum Gasteiger partial charge on any atom is 0.332 e. The minimum Gasteiger partial charge on any atom is -0.497 e. The van der Waals surface area contributed by atoms with E-state index in [9.17, 15) is 14.0 Å². The molecule has 0 fully saturated rings. The van der Waals surface area contributed by atoms with Crippen molar-refractivity contribution in [1.82, 2.24) is 5.48 Å². The second-order valence-corrected chi connectivity index (χ2v) is 2.96. The molecule has 1 aromatic rings. The van der Waals surface area contributed by atoms with E-state index in [1.807, 2.05) is 5.48 Å². The SMILES string of the molecule is COc1ccc(C(=O)NOCC(=O)O)c(F)c1. The second kappa shape index (κ2) is 5.80. The van der Waals surface area contributed by atoms with Crippen LogP contribution in [0.5, 0.6) is 5.75 Å². The number of rotatable bonds is 5. The molecule has 0 atom stereocenters. The Labute approximate surface area is 95.9 Å². The zero-order valence-electron chi connectivity index (χ0n) is 8.90. The van der Waals surface area contributed by atoms with Crippen molar-refractivity contribution < 1.29 is 28.7 Å². The van der Waals surface area contributed by atoms with Crippen LogP contribution in [-0.4, -0.2) is 30.7 Å². The fourth-order valence-corrected chi connectivity index (χ4v) is 1.03. The van der Waals surface area contributed by atoms with Crippen LogP contribution in [0.3, 0.4) is 0 Å². The summed E-state index contributed by atoms with van der Waals surface area (Å²) in [4.78, 5) is 25.8. The Hall–Kier alpha value is -2.15. The molecule has 0 radical (unpaired) electrons. The van der Waals surface area contributed by atoms with Crippen molar-refractivity contribution in [2.45, 2.75) is 0 Å². The number of carbonyl (C=O) groups is 2. The van der Waals surface area contributed by atoms with Gasteiger partial charge in [-0.15, -0.1) is 0 Å². The first-order valence-corrected chi connectivity index (χ1v) is 4.52. The number of carbonyl (C=O) groups excluding carboxylic acids is 1. The van der Waals surface area contributed by atoms with E-state index in [1.165, 1.54) is 19.2 Å². The van der Waals surface area contributed by atoms with Crippen LogP contribution in [0.25, 0.3) is 0 Å². The summed E-state index contributed by atoms with van der Waals surface area (Å²) in [5, 5.41) is 8.25. The molecule has 92 valence electrons. The number of amides is 1. The summed E-state index contributed by atoms with van der Waals surface area (Å²) in [6, 6.07) is 3.63. The Morgan fingerprint density at radius 1 is 1.47 bits per heavy atom. The molecule has 6 nitrogen and oxygen atoms in total. The third kappa shape index (κ3) is 3.72. The Morgan fingerprint density at radius 3 is 2.71 bits per heavy atom. The first-order chi connectivity index (χ1) is 8.04. The van der Waals surface area contributed by atoms with Gasteiger partial charge in [0.25, 0.3) is 5.91 Å². The van der Waals surface area contributed by atoms with E-state index < -0.39 is 24.3 Å². The molecule has 0 aliphatic carbocycles. The Bertz CT molecular complexity index is 435. The van der Waals surface area contributed by atoms with Crippen molar-refractivity contribution in [2.75, 3.05) is 13.7 Å². The van der Waals surface area contributed by atoms with E-state index >= 15 is 0 Å². The van der Waals surface area contributed by atoms with Crippen LogP contribution in [0.4, 0.5) is 4.39 Å². The van der Waals surface area contributed by atoms with Gasteiger partial charge >= 0.3 is 5.97 Å². The molecule has 0 saturated carbocycles. The van der Waals surface area contributed by atoms with Gasteiger partial charge < -0.3 is 9.84 Å². The summed E-state index contributed by atoms with van der Waals surface area (Å²) in [6.45, 7) is -0.705. The highest BCUT2D eigenvalue weighted by molar-refractivity contribution is 5.93. The summed E-state index contributed by atoms with van der Waals surface area (Å²) in [5.74, 6) is -2.64. The van der Waals surface area contributed by atoms with E-state index in [0.29, 0.717) is 0 Å². The number of ether oxygens (including phenoxy) is 1. The van der Waals surface area contributed by atoms with E-state index in [0.717, 1.165) is 6.07 Å². The van der Waals surface area contributed by atoms with E-state index in [2.05, 4.69) is 4.84 Å². The third-order valence-electron chi connectivity index (χ3n) is 1.78. The number of nitrogens with one attached hydrogen (secondary N) is 1. The van der Waals surface area contributed by atoms with Gasteiger partial charge in [-0.05, 0) is 12.1 Å². The van der Waals surface area contributed by atoms with Gasteiger partial charge in [0.05, 0.1) is 12.7 Å². The minimum absolute atomic E-state index is 0.267. The molecule has 0 unspecified atom stereocenters. The average Bonchev–Trinajstić information content (AvgIpc) is 2.28. The van der Waals surface area contributed by atoms with Crippen LogP contribution in [-0.2, 0) is 9.63 Å². The van der Waals surface area contributed by atoms with Crippen LogP contribution in [0.15, 0.2) is 18.2 Å². The van der Waals surface area contributed by atoms with Crippen LogP contribution < -0.4 is 10.2 Å². The van der Waals surface area contributed by atoms with Crippen LogP contribution >= 0.6 is 0 Å². The molecule has 0 heterocycles. The molecule has 0 aliphatic rings. The lowest BCUT2D eigenvalue weighted by Crippen LogP contribution is -2.27. The van der Waals surface area contributed by atoms with Crippen LogP contribution in [0.2, 0.25) is 0 Å². The largest absolute Gasteiger partial charge is 0.497 e. The lowest BCUT2D eigenvalue weighted by atomic mass is 10.2. The molecule has 1 amide bonds. The fourth-order valence-electron chi connectivity index (χ4n) is 1.03. The lowest BCUT2D eigenvalue weighted by molar-refractivity contribution is -0.144. The zero-order valence-corrected chi connectivity index (χ0v) is 8.90. The van der Waals surface area contributed by atoms with Crippen molar-refractivity contribution in [3.05, 3.63) is 29.6 Å². The van der Waals surface area contributed by atoms with Gasteiger partial charge in [-0.1, -0.05) is 0 Å². The number of halogens is 1. The van der Waals surface area contributed by atoms with Crippen LogP contribution in [0, 0.1) is 5.82 Å². The number of methoxy groups -OCH3 is 1. The second-order valence-electron chi connectivity index (χ2n) is 2.96. The normalized spacial score (nSPS) is 9.76. The maximum atomic E-state index is 13.4. The van der Waals surface area contributed by atoms with Gasteiger partial charge in [-0.3, -0.25) is 9.63 Å². The van der Waals surface area contributed by atoms with Crippen molar-refractivity contribution in [3.63, 3.8) is 0 Å². The molecule has 7 heteroatoms. The average molecular weight is 243 g/mol. The van der Waals surface area contributed by atoms with E-state index in [1.54, 1.807) is 0 Å². The number of hydroxylamine groups is 1. The fraction of sp³-hybridized carbons (Fsp3) is 0.200. The molecule has 2 N–H and O–H groups in total. The summed E-state index contributed by atoms with van der Waals surface area (Å²) < 4.78 is 18.1. The number of carboxylic acids is 1. The first-order valence-electron chi connectivity index (χ1n) is 4.52. The molecular weight excluding hydrogens is 233 g/mol. The van der Waals surface area contributed by atoms with Crippen LogP contribution in [0.1, 0.15) is 10.4 Å². The van der Waals surface area contributed by atoms with Crippen molar-refractivity contribution in [2.24, 2.45) is 0 Å². The highest BCUT2D eigenvalue weighted by Gasteiger charge is 2.12. The molecule has 0 aromatic heterocycles. The molecule has 0 saturated heterocycles. The predicted octanol–water partition coefficient (Wildman–Crippen LogP) is 0.580. The zero-order chi connectivity index (χ0) is 12.8. The Morgan fingerprint density at radius 2 is 2.18 bits per heavy atom. The monoisotopic (exact) mass is 243 g/mol. The van der Waals surface area contributed by atoms with Gasteiger partial charge in [0.2, 0.25) is 0 Å². The van der Waals surface area contributed by atoms with Crippen molar-refractivity contribution in [1.29, 1.82) is 0 Å². The number of hydrogen-bond donors (Lipinski definition) is 2. The van der Waals surface area contributed by atoms with Gasteiger partial charge in [0, 0.05) is 6.07 Å². The summed E-state index contributed by atoms with van der Waals surface area (Å²) in [6.07, 6.45) is 0. The third-order valence-corrected chi connectivity index (χ3v) is 1.78. The topological polar surface area (TPSA) is 84.9 Å². The minimum atomic E-state index is -1.25. The molecule has 0 aliphatic heterocycles. The molecule has 0 spiro atoms. The van der Waals surface area contributed by atoms with Crippen molar-refractivity contribution >= 4 is 11.9 Å². The highest BCUT2D eigenvalue weighted by Crippen LogP contribution is 2.15. The molecular formula is C10H10FNO5. The van der Waals surface area contributed by atoms with E-state index in [4.69, 9.17) is 9.84 Å². The number of aliphatic carboxylic acids is 1. The summed E-state index contributed by atoms with van der Waals surface area (Å²) in [7, 11) is 1.37. The van der Waals surface area contributed by atoms with Gasteiger partial charge in [-0.25, -0.2) is 14.7 Å². The molecule has 0 bridgehead atoms. The number of carboxylic acid groups (broad SMARTS) is 1. The quantitative estimate of drug-likeness (QED) is 0.739. The Balaban J connectivity index is 2.66. The summed E-state index contributed by atoms with van der Waals surface area (Å²) >= 11 is 0. The maximum absolute atomic E-state index is 13.4. The summed E-state index contributed by atoms with van der Waals surface area (Å²) in [5.41, 5.74) is 1.54. The van der Waals surface area contributed by atoms with Gasteiger partial charge in [0.15, 0.2) is 6.61 Å². The smallest absolute Gasteiger partial charge is 0.332 e. The lowest BCUT2D eigenvalue weighted by Gasteiger charge is -2.06. The standard InChI is InChI=1S/C10H10FNO5/c1-16-6-2-3-7(8(11)4-6)10(15)12-17-5-9(13)14/h2-4H,5H2,1H3,(H,12,15)(H,13,14). The predicted molar refractivity (Wildman–Crippen MR) is 54.0 cm³/mol. The Kier molecular flexibility index (Phi) is 4.41. The highest BCUT2D eigenvalue weighted by atomic mass is 19.1. The van der Waals surface area contributed by atoms with Gasteiger partial charge in [0.1, 0.15) is 11.6 Å². The molecule has 1 rings (SSSR count). The first kappa shape index (κ1) is 12.9.